The predicted octanol–water partition coefficient (Wildman–Crippen LogP) is 0.966. The van der Waals surface area contributed by atoms with Crippen LogP contribution in [0.4, 0.5) is 13.6 Å². The van der Waals surface area contributed by atoms with Gasteiger partial charge in [0.15, 0.2) is 0 Å². The highest BCUT2D eigenvalue weighted by atomic mass is 19.3. The van der Waals surface area contributed by atoms with Gasteiger partial charge in [-0.25, -0.2) is 4.79 Å². The van der Waals surface area contributed by atoms with Crippen molar-refractivity contribution in [3.05, 3.63) is 0 Å². The van der Waals surface area contributed by atoms with Crippen molar-refractivity contribution in [3.8, 4) is 0 Å². The van der Waals surface area contributed by atoms with E-state index in [1.54, 1.807) is 0 Å². The van der Waals surface area contributed by atoms with E-state index in [-0.39, 0.29) is 0 Å². The minimum Gasteiger partial charge on any atom is -0.438 e. The fourth-order valence-electron chi connectivity index (χ4n) is 0.192. The van der Waals surface area contributed by atoms with E-state index < -0.39 is 19.6 Å². The van der Waals surface area contributed by atoms with Crippen molar-refractivity contribution in [1.29, 1.82) is 0 Å². The quantitative estimate of drug-likeness (QED) is 0.451. The molecule has 0 fully saturated rings. The van der Waals surface area contributed by atoms with Crippen LogP contribution < -0.4 is 0 Å². The maximum Gasteiger partial charge on any atom is 0.510 e. The molecule has 0 aliphatic heterocycles. The van der Waals surface area contributed by atoms with Crippen LogP contribution in [0.5, 0.6) is 0 Å². The number of halogens is 2. The van der Waals surface area contributed by atoms with Gasteiger partial charge in [0.25, 0.3) is 0 Å². The number of carbonyl (C=O) groups is 1. The van der Waals surface area contributed by atoms with Crippen molar-refractivity contribution < 1.29 is 27.8 Å². The Morgan fingerprint density at radius 3 is 2.60 bits per heavy atom. The summed E-state index contributed by atoms with van der Waals surface area (Å²) in [5, 5.41) is 0. The van der Waals surface area contributed by atoms with E-state index in [1.165, 1.54) is 0 Å². The Labute approximate surface area is 55.7 Å². The van der Waals surface area contributed by atoms with Crippen LogP contribution in [0.2, 0.25) is 0 Å². The van der Waals surface area contributed by atoms with Gasteiger partial charge in [-0.1, -0.05) is 0 Å². The number of rotatable bonds is 3. The van der Waals surface area contributed by atoms with E-state index in [4.69, 9.17) is 0 Å². The molecular weight excluding hydrogens is 150 g/mol. The van der Waals surface area contributed by atoms with Crippen LogP contribution in [-0.2, 0) is 14.2 Å². The SMILES string of the molecule is COC(=O)OCOC(F)F. The van der Waals surface area contributed by atoms with E-state index in [0.29, 0.717) is 0 Å². The minimum absolute atomic E-state index is 0.801. The number of carbonyl (C=O) groups excluding carboxylic acids is 1. The van der Waals surface area contributed by atoms with E-state index >= 15 is 0 Å². The van der Waals surface area contributed by atoms with Crippen LogP contribution in [0.1, 0.15) is 0 Å². The Bertz CT molecular complexity index is 105. The molecule has 0 saturated carbocycles. The largest absolute Gasteiger partial charge is 0.510 e. The molecule has 60 valence electrons. The second kappa shape index (κ2) is 4.92. The van der Waals surface area contributed by atoms with E-state index in [1.807, 2.05) is 0 Å². The average Bonchev–Trinajstić information content (AvgIpc) is 1.87. The molecule has 0 aliphatic carbocycles. The molecule has 0 bridgehead atoms. The van der Waals surface area contributed by atoms with Crippen LogP contribution in [0.3, 0.4) is 0 Å². The molecule has 0 amide bonds. The lowest BCUT2D eigenvalue weighted by atomic mass is 11.2. The summed E-state index contributed by atoms with van der Waals surface area (Å²) in [5.41, 5.74) is 0. The molecule has 0 atom stereocenters. The zero-order valence-corrected chi connectivity index (χ0v) is 5.17. The molecule has 0 heterocycles. The third-order valence-electron chi connectivity index (χ3n) is 0.537. The van der Waals surface area contributed by atoms with E-state index in [2.05, 4.69) is 14.2 Å². The summed E-state index contributed by atoms with van der Waals surface area (Å²) in [6.07, 6.45) is -1.05. The summed E-state index contributed by atoms with van der Waals surface area (Å²) >= 11 is 0. The summed E-state index contributed by atoms with van der Waals surface area (Å²) in [6, 6.07) is 0. The van der Waals surface area contributed by atoms with Gasteiger partial charge in [-0.15, -0.1) is 0 Å². The Morgan fingerprint density at radius 2 is 2.20 bits per heavy atom. The number of alkyl halides is 2. The Balaban J connectivity index is 3.12. The summed E-state index contributed by atoms with van der Waals surface area (Å²) in [5.74, 6) is 0. The Kier molecular flexibility index (Phi) is 4.47. The van der Waals surface area contributed by atoms with Gasteiger partial charge in [-0.3, -0.25) is 4.74 Å². The summed E-state index contributed by atoms with van der Waals surface area (Å²) in [6.45, 7) is -3.74. The normalized spacial score (nSPS) is 9.60. The zero-order chi connectivity index (χ0) is 7.98. The first kappa shape index (κ1) is 9.09. The third kappa shape index (κ3) is 5.23. The van der Waals surface area contributed by atoms with E-state index in [9.17, 15) is 13.6 Å². The monoisotopic (exact) mass is 156 g/mol. The van der Waals surface area contributed by atoms with Gasteiger partial charge in [-0.05, 0) is 0 Å². The van der Waals surface area contributed by atoms with Crippen molar-refractivity contribution in [3.63, 3.8) is 0 Å². The molecule has 0 aromatic rings. The molecule has 0 N–H and O–H groups in total. The van der Waals surface area contributed by atoms with Crippen molar-refractivity contribution >= 4 is 6.16 Å². The molecule has 10 heavy (non-hydrogen) atoms. The highest BCUT2D eigenvalue weighted by Gasteiger charge is 2.04. The van der Waals surface area contributed by atoms with Crippen LogP contribution in [0, 0.1) is 0 Å². The van der Waals surface area contributed by atoms with Crippen molar-refractivity contribution in [2.45, 2.75) is 6.61 Å². The van der Waals surface area contributed by atoms with Crippen LogP contribution in [-0.4, -0.2) is 26.7 Å². The number of ether oxygens (including phenoxy) is 3. The van der Waals surface area contributed by atoms with Gasteiger partial charge in [0.1, 0.15) is 0 Å². The van der Waals surface area contributed by atoms with E-state index in [0.717, 1.165) is 7.11 Å². The summed E-state index contributed by atoms with van der Waals surface area (Å²) in [4.78, 5) is 10.0. The van der Waals surface area contributed by atoms with Crippen molar-refractivity contribution in [2.75, 3.05) is 13.9 Å². The molecule has 0 aromatic heterocycles. The maximum absolute atomic E-state index is 11.1. The van der Waals surface area contributed by atoms with Gasteiger partial charge in [0.2, 0.25) is 6.79 Å². The second-order valence-electron chi connectivity index (χ2n) is 1.14. The second-order valence-corrected chi connectivity index (χ2v) is 1.14. The van der Waals surface area contributed by atoms with Crippen molar-refractivity contribution in [2.24, 2.45) is 0 Å². The molecule has 0 unspecified atom stereocenters. The topological polar surface area (TPSA) is 44.8 Å². The molecular formula is C4H6F2O4. The van der Waals surface area contributed by atoms with Crippen molar-refractivity contribution in [1.82, 2.24) is 0 Å². The molecule has 4 nitrogen and oxygen atoms in total. The number of methoxy groups -OCH3 is 1. The van der Waals surface area contributed by atoms with Gasteiger partial charge in [0.05, 0.1) is 7.11 Å². The lowest BCUT2D eigenvalue weighted by Crippen LogP contribution is -2.10. The first-order chi connectivity index (χ1) is 4.66. The number of hydrogen-bond acceptors (Lipinski definition) is 4. The summed E-state index contributed by atoms with van der Waals surface area (Å²) < 4.78 is 33.7. The van der Waals surface area contributed by atoms with Gasteiger partial charge in [0, 0.05) is 0 Å². The van der Waals surface area contributed by atoms with Gasteiger partial charge >= 0.3 is 12.8 Å². The average molecular weight is 156 g/mol. The first-order valence-corrected chi connectivity index (χ1v) is 2.27. The molecule has 0 radical (unpaired) electrons. The van der Waals surface area contributed by atoms with Crippen LogP contribution in [0.15, 0.2) is 0 Å². The van der Waals surface area contributed by atoms with Gasteiger partial charge in [-0.2, -0.15) is 8.78 Å². The lowest BCUT2D eigenvalue weighted by molar-refractivity contribution is -0.179. The predicted molar refractivity (Wildman–Crippen MR) is 25.4 cm³/mol. The molecule has 0 aliphatic rings. The minimum atomic E-state index is -2.94. The van der Waals surface area contributed by atoms with Crippen LogP contribution >= 0.6 is 0 Å². The highest BCUT2D eigenvalue weighted by Crippen LogP contribution is 1.94. The molecule has 0 rings (SSSR count). The summed E-state index contributed by atoms with van der Waals surface area (Å²) in [7, 11) is 1.06. The Hall–Kier alpha value is -0.910. The maximum atomic E-state index is 11.1. The smallest absolute Gasteiger partial charge is 0.438 e. The molecule has 0 aromatic carbocycles. The lowest BCUT2D eigenvalue weighted by Gasteiger charge is -2.01. The van der Waals surface area contributed by atoms with Crippen LogP contribution in [0.25, 0.3) is 0 Å². The zero-order valence-electron chi connectivity index (χ0n) is 5.17. The molecule has 6 heteroatoms. The Morgan fingerprint density at radius 1 is 1.60 bits per heavy atom. The molecule has 0 saturated heterocycles. The standard InChI is InChI=1S/C4H6F2O4/c1-8-4(7)10-2-9-3(5)6/h3H,2H2,1H3. The van der Waals surface area contributed by atoms with Gasteiger partial charge < -0.3 is 9.47 Å². The molecule has 0 spiro atoms. The highest BCUT2D eigenvalue weighted by molar-refractivity contribution is 5.59. The third-order valence-corrected chi connectivity index (χ3v) is 0.537. The number of hydrogen-bond donors (Lipinski definition) is 0. The fourth-order valence-corrected chi connectivity index (χ4v) is 0.192. The fraction of sp³-hybridized carbons (Fsp3) is 0.750. The first-order valence-electron chi connectivity index (χ1n) is 2.27.